The molecule has 0 aliphatic heterocycles. The Morgan fingerprint density at radius 1 is 1.03 bits per heavy atom. The first-order valence-electron chi connectivity index (χ1n) is 9.65. The van der Waals surface area contributed by atoms with E-state index < -0.39 is 0 Å². The zero-order valence-corrected chi connectivity index (χ0v) is 17.0. The summed E-state index contributed by atoms with van der Waals surface area (Å²) in [6.07, 6.45) is 0. The summed E-state index contributed by atoms with van der Waals surface area (Å²) < 4.78 is 5.41. The number of carbonyl (C=O) groups is 1. The molecule has 1 heterocycles. The van der Waals surface area contributed by atoms with Crippen LogP contribution in [0.4, 0.5) is 5.82 Å². The van der Waals surface area contributed by atoms with Crippen molar-refractivity contribution in [1.82, 2.24) is 15.3 Å². The monoisotopic (exact) mass is 390 g/mol. The van der Waals surface area contributed by atoms with E-state index in [-0.39, 0.29) is 5.91 Å². The van der Waals surface area contributed by atoms with Crippen molar-refractivity contribution in [2.24, 2.45) is 5.92 Å². The molecule has 6 nitrogen and oxygen atoms in total. The zero-order chi connectivity index (χ0) is 20.6. The maximum atomic E-state index is 12.6. The molecule has 0 atom stereocenters. The van der Waals surface area contributed by atoms with Crippen LogP contribution >= 0.6 is 0 Å². The fourth-order valence-corrected chi connectivity index (χ4v) is 2.79. The highest BCUT2D eigenvalue weighted by Crippen LogP contribution is 2.21. The fourth-order valence-electron chi connectivity index (χ4n) is 2.79. The third-order valence-corrected chi connectivity index (χ3v) is 4.31. The van der Waals surface area contributed by atoms with E-state index in [9.17, 15) is 4.79 Å². The van der Waals surface area contributed by atoms with Crippen LogP contribution in [0.15, 0.2) is 60.7 Å². The molecule has 6 heteroatoms. The van der Waals surface area contributed by atoms with E-state index in [2.05, 4.69) is 34.4 Å². The van der Waals surface area contributed by atoms with Crippen molar-refractivity contribution < 1.29 is 9.53 Å². The van der Waals surface area contributed by atoms with Gasteiger partial charge in [-0.25, -0.2) is 9.97 Å². The van der Waals surface area contributed by atoms with Crippen LogP contribution in [0.3, 0.4) is 0 Å². The summed E-state index contributed by atoms with van der Waals surface area (Å²) in [6, 6.07) is 19.1. The van der Waals surface area contributed by atoms with Gasteiger partial charge in [-0.3, -0.25) is 4.79 Å². The minimum atomic E-state index is -0.210. The molecule has 0 aliphatic carbocycles. The number of carbonyl (C=O) groups excluding carboxylic acids is 1. The Morgan fingerprint density at radius 3 is 2.48 bits per heavy atom. The number of hydrogen-bond donors (Lipinski definition) is 2. The van der Waals surface area contributed by atoms with Crippen molar-refractivity contribution in [2.45, 2.75) is 20.4 Å². The zero-order valence-electron chi connectivity index (χ0n) is 17.0. The molecule has 0 saturated carbocycles. The van der Waals surface area contributed by atoms with Gasteiger partial charge in [0.25, 0.3) is 5.91 Å². The topological polar surface area (TPSA) is 76.1 Å². The first kappa shape index (κ1) is 20.3. The van der Waals surface area contributed by atoms with Gasteiger partial charge in [-0.2, -0.15) is 0 Å². The second kappa shape index (κ2) is 9.68. The number of hydrogen-bond acceptors (Lipinski definition) is 5. The molecule has 0 fully saturated rings. The maximum Gasteiger partial charge on any atom is 0.270 e. The van der Waals surface area contributed by atoms with Crippen LogP contribution in [0.1, 0.15) is 29.9 Å². The van der Waals surface area contributed by atoms with Crippen molar-refractivity contribution >= 4 is 11.7 Å². The Hall–Kier alpha value is -3.41. The Balaban J connectivity index is 1.88. The fraction of sp³-hybridized carbons (Fsp3) is 0.261. The van der Waals surface area contributed by atoms with Crippen molar-refractivity contribution in [3.05, 3.63) is 71.9 Å². The van der Waals surface area contributed by atoms with E-state index >= 15 is 0 Å². The third-order valence-electron chi connectivity index (χ3n) is 4.31. The van der Waals surface area contributed by atoms with E-state index in [0.717, 1.165) is 16.9 Å². The Morgan fingerprint density at radius 2 is 1.76 bits per heavy atom. The SMILES string of the molecule is COc1ccccc1CNc1cc(C(=O)NCC(C)C)nc(-c2ccccc2)n1. The van der Waals surface area contributed by atoms with Gasteiger partial charge in [-0.1, -0.05) is 62.4 Å². The van der Waals surface area contributed by atoms with Gasteiger partial charge < -0.3 is 15.4 Å². The maximum absolute atomic E-state index is 12.6. The predicted octanol–water partition coefficient (Wildman–Crippen LogP) is 4.15. The van der Waals surface area contributed by atoms with Gasteiger partial charge >= 0.3 is 0 Å². The average molecular weight is 390 g/mol. The third kappa shape index (κ3) is 5.54. The standard InChI is InChI=1S/C23H26N4O2/c1-16(2)14-25-23(28)19-13-21(24-15-18-11-7-8-12-20(18)29-3)27-22(26-19)17-9-5-4-6-10-17/h4-13,16H,14-15H2,1-3H3,(H,25,28)(H,24,26,27). The number of ether oxygens (including phenoxy) is 1. The van der Waals surface area contributed by atoms with Crippen LogP contribution in [0.2, 0.25) is 0 Å². The lowest BCUT2D eigenvalue weighted by atomic mass is 10.2. The molecule has 1 aromatic heterocycles. The van der Waals surface area contributed by atoms with Crippen LogP contribution in [0, 0.1) is 5.92 Å². The van der Waals surface area contributed by atoms with Crippen molar-refractivity contribution in [3.63, 3.8) is 0 Å². The van der Waals surface area contributed by atoms with E-state index in [1.165, 1.54) is 0 Å². The van der Waals surface area contributed by atoms with Crippen LogP contribution in [-0.2, 0) is 6.54 Å². The van der Waals surface area contributed by atoms with E-state index in [0.29, 0.717) is 36.3 Å². The lowest BCUT2D eigenvalue weighted by molar-refractivity contribution is 0.0944. The molecule has 0 bridgehead atoms. The lowest BCUT2D eigenvalue weighted by Gasteiger charge is -2.13. The molecule has 0 aliphatic rings. The van der Waals surface area contributed by atoms with Crippen LogP contribution in [0.5, 0.6) is 5.75 Å². The summed E-state index contributed by atoms with van der Waals surface area (Å²) in [7, 11) is 1.65. The largest absolute Gasteiger partial charge is 0.496 e. The summed E-state index contributed by atoms with van der Waals surface area (Å²) in [5.41, 5.74) is 2.19. The number of para-hydroxylation sites is 1. The first-order valence-corrected chi connectivity index (χ1v) is 9.65. The number of rotatable bonds is 8. The molecular weight excluding hydrogens is 364 g/mol. The molecule has 0 radical (unpaired) electrons. The number of amides is 1. The molecule has 3 aromatic rings. The van der Waals surface area contributed by atoms with Gasteiger partial charge in [0.15, 0.2) is 5.82 Å². The molecule has 0 spiro atoms. The number of methoxy groups -OCH3 is 1. The lowest BCUT2D eigenvalue weighted by Crippen LogP contribution is -2.28. The van der Waals surface area contributed by atoms with Crippen molar-refractivity contribution in [2.75, 3.05) is 19.0 Å². The van der Waals surface area contributed by atoms with Gasteiger partial charge in [-0.15, -0.1) is 0 Å². The van der Waals surface area contributed by atoms with E-state index in [1.807, 2.05) is 54.6 Å². The smallest absolute Gasteiger partial charge is 0.270 e. The molecule has 1 amide bonds. The first-order chi connectivity index (χ1) is 14.1. The Bertz CT molecular complexity index is 958. The Kier molecular flexibility index (Phi) is 6.79. The van der Waals surface area contributed by atoms with Crippen molar-refractivity contribution in [1.29, 1.82) is 0 Å². The van der Waals surface area contributed by atoms with Crippen LogP contribution in [0.25, 0.3) is 11.4 Å². The van der Waals surface area contributed by atoms with Crippen molar-refractivity contribution in [3.8, 4) is 17.1 Å². The minimum absolute atomic E-state index is 0.210. The minimum Gasteiger partial charge on any atom is -0.496 e. The highest BCUT2D eigenvalue weighted by Gasteiger charge is 2.14. The second-order valence-electron chi connectivity index (χ2n) is 7.10. The molecule has 29 heavy (non-hydrogen) atoms. The number of nitrogens with one attached hydrogen (secondary N) is 2. The molecule has 2 N–H and O–H groups in total. The van der Waals surface area contributed by atoms with Gasteiger partial charge in [0, 0.05) is 30.3 Å². The summed E-state index contributed by atoms with van der Waals surface area (Å²) in [5, 5.41) is 6.21. The van der Waals surface area contributed by atoms with Gasteiger partial charge in [0.1, 0.15) is 17.3 Å². The van der Waals surface area contributed by atoms with Crippen LogP contribution < -0.4 is 15.4 Å². The molecule has 2 aromatic carbocycles. The van der Waals surface area contributed by atoms with Gasteiger partial charge in [-0.05, 0) is 12.0 Å². The second-order valence-corrected chi connectivity index (χ2v) is 7.10. The summed E-state index contributed by atoms with van der Waals surface area (Å²) in [4.78, 5) is 21.7. The van der Waals surface area contributed by atoms with E-state index in [1.54, 1.807) is 13.2 Å². The summed E-state index contributed by atoms with van der Waals surface area (Å²) in [6.45, 7) is 5.21. The Labute approximate surface area is 171 Å². The molecule has 3 rings (SSSR count). The van der Waals surface area contributed by atoms with E-state index in [4.69, 9.17) is 4.74 Å². The number of benzene rings is 2. The molecule has 150 valence electrons. The van der Waals surface area contributed by atoms with Gasteiger partial charge in [0.05, 0.1) is 7.11 Å². The van der Waals surface area contributed by atoms with Crippen LogP contribution in [-0.4, -0.2) is 29.5 Å². The number of aromatic nitrogens is 2. The highest BCUT2D eigenvalue weighted by atomic mass is 16.5. The summed E-state index contributed by atoms with van der Waals surface area (Å²) in [5.74, 6) is 2.04. The summed E-state index contributed by atoms with van der Waals surface area (Å²) >= 11 is 0. The molecule has 0 unspecified atom stereocenters. The highest BCUT2D eigenvalue weighted by molar-refractivity contribution is 5.93. The molecule has 0 saturated heterocycles. The normalized spacial score (nSPS) is 10.6. The average Bonchev–Trinajstić information content (AvgIpc) is 2.76. The quantitative estimate of drug-likeness (QED) is 0.604. The molecular formula is C23H26N4O2. The number of anilines is 1. The predicted molar refractivity (Wildman–Crippen MR) is 115 cm³/mol. The van der Waals surface area contributed by atoms with Gasteiger partial charge in [0.2, 0.25) is 0 Å². The number of nitrogens with zero attached hydrogens (tertiary/aromatic N) is 2.